The van der Waals surface area contributed by atoms with Crippen LogP contribution in [0.2, 0.25) is 0 Å². The van der Waals surface area contributed by atoms with E-state index >= 15 is 0 Å². The van der Waals surface area contributed by atoms with Crippen molar-refractivity contribution in [2.45, 2.75) is 18.9 Å². The SMILES string of the molecule is COC(=O)c1ccc2c(c1)[C@H](O)CCC2=O. The largest absolute Gasteiger partial charge is 0.465 e. The molecule has 0 bridgehead atoms. The molecule has 0 aromatic heterocycles. The number of Topliss-reactive ketones (excluding diaryl/α,β-unsaturated/α-hetero) is 1. The van der Waals surface area contributed by atoms with E-state index < -0.39 is 12.1 Å². The standard InChI is InChI=1S/C12H12O4/c1-16-12(15)7-2-3-8-9(6-7)11(14)5-4-10(8)13/h2-3,6,11,14H,4-5H2,1H3/t11-/m1/s1. The average molecular weight is 220 g/mol. The van der Waals surface area contributed by atoms with Crippen molar-refractivity contribution in [3.05, 3.63) is 34.9 Å². The van der Waals surface area contributed by atoms with Crippen LogP contribution in [0.25, 0.3) is 0 Å². The van der Waals surface area contributed by atoms with Gasteiger partial charge < -0.3 is 9.84 Å². The maximum absolute atomic E-state index is 11.6. The molecule has 0 saturated heterocycles. The van der Waals surface area contributed by atoms with Crippen molar-refractivity contribution in [2.75, 3.05) is 7.11 Å². The average Bonchev–Trinajstić information content (AvgIpc) is 2.32. The van der Waals surface area contributed by atoms with Crippen LogP contribution in [-0.2, 0) is 4.74 Å². The molecule has 4 nitrogen and oxygen atoms in total. The fourth-order valence-corrected chi connectivity index (χ4v) is 1.90. The number of esters is 1. The Morgan fingerprint density at radius 1 is 1.50 bits per heavy atom. The minimum absolute atomic E-state index is 0.0108. The predicted molar refractivity (Wildman–Crippen MR) is 56.3 cm³/mol. The van der Waals surface area contributed by atoms with Gasteiger partial charge in [-0.2, -0.15) is 0 Å². The lowest BCUT2D eigenvalue weighted by atomic mass is 9.87. The number of rotatable bonds is 1. The van der Waals surface area contributed by atoms with Crippen molar-refractivity contribution in [1.29, 1.82) is 0 Å². The van der Waals surface area contributed by atoms with Gasteiger partial charge in [-0.15, -0.1) is 0 Å². The van der Waals surface area contributed by atoms with Gasteiger partial charge in [0.05, 0.1) is 18.8 Å². The minimum Gasteiger partial charge on any atom is -0.465 e. The second kappa shape index (κ2) is 4.06. The lowest BCUT2D eigenvalue weighted by molar-refractivity contribution is 0.0599. The first-order chi connectivity index (χ1) is 7.63. The molecule has 4 heteroatoms. The minimum atomic E-state index is -0.669. The summed E-state index contributed by atoms with van der Waals surface area (Å²) in [5.41, 5.74) is 1.39. The number of fused-ring (bicyclic) bond motifs is 1. The van der Waals surface area contributed by atoms with Crippen LogP contribution >= 0.6 is 0 Å². The normalized spacial score (nSPS) is 19.1. The maximum atomic E-state index is 11.6. The van der Waals surface area contributed by atoms with E-state index in [1.165, 1.54) is 13.2 Å². The molecule has 0 amide bonds. The quantitative estimate of drug-likeness (QED) is 0.728. The van der Waals surface area contributed by atoms with Crippen LogP contribution < -0.4 is 0 Å². The Balaban J connectivity index is 2.48. The van der Waals surface area contributed by atoms with Crippen molar-refractivity contribution in [1.82, 2.24) is 0 Å². The summed E-state index contributed by atoms with van der Waals surface area (Å²) in [6.07, 6.45) is 0.0969. The molecule has 1 aromatic carbocycles. The van der Waals surface area contributed by atoms with Crippen LogP contribution in [0.15, 0.2) is 18.2 Å². The zero-order valence-corrected chi connectivity index (χ0v) is 8.90. The summed E-state index contributed by atoms with van der Waals surface area (Å²) in [4.78, 5) is 22.9. The van der Waals surface area contributed by atoms with Crippen LogP contribution in [0.5, 0.6) is 0 Å². The highest BCUT2D eigenvalue weighted by Gasteiger charge is 2.25. The number of ketones is 1. The summed E-state index contributed by atoms with van der Waals surface area (Å²) in [5, 5.41) is 9.75. The molecule has 2 rings (SSSR count). The van der Waals surface area contributed by atoms with Gasteiger partial charge in [0.15, 0.2) is 5.78 Å². The molecule has 0 spiro atoms. The second-order valence-corrected chi connectivity index (χ2v) is 3.77. The van der Waals surface area contributed by atoms with Gasteiger partial charge in [-0.3, -0.25) is 4.79 Å². The van der Waals surface area contributed by atoms with E-state index in [0.717, 1.165) is 0 Å². The summed E-state index contributed by atoms with van der Waals surface area (Å²) in [6, 6.07) is 4.65. The highest BCUT2D eigenvalue weighted by molar-refractivity contribution is 6.00. The molecular formula is C12H12O4. The number of hydrogen-bond acceptors (Lipinski definition) is 4. The molecule has 0 unspecified atom stereocenters. The fraction of sp³-hybridized carbons (Fsp3) is 0.333. The van der Waals surface area contributed by atoms with Crippen LogP contribution in [0.4, 0.5) is 0 Å². The van der Waals surface area contributed by atoms with E-state index in [2.05, 4.69) is 4.74 Å². The van der Waals surface area contributed by atoms with Gasteiger partial charge in [-0.25, -0.2) is 4.79 Å². The molecule has 0 radical (unpaired) electrons. The summed E-state index contributed by atoms with van der Waals surface area (Å²) in [6.45, 7) is 0. The van der Waals surface area contributed by atoms with E-state index in [9.17, 15) is 14.7 Å². The Labute approximate surface area is 92.8 Å². The third-order valence-electron chi connectivity index (χ3n) is 2.78. The summed E-state index contributed by atoms with van der Waals surface area (Å²) in [7, 11) is 1.30. The van der Waals surface area contributed by atoms with Crippen molar-refractivity contribution in [3.63, 3.8) is 0 Å². The van der Waals surface area contributed by atoms with E-state index in [4.69, 9.17) is 0 Å². The molecule has 1 N–H and O–H groups in total. The number of aliphatic hydroxyl groups is 1. The molecule has 1 aliphatic carbocycles. The van der Waals surface area contributed by atoms with Crippen LogP contribution in [0.1, 0.15) is 45.2 Å². The number of methoxy groups -OCH3 is 1. The van der Waals surface area contributed by atoms with Gasteiger partial charge in [-0.1, -0.05) is 6.07 Å². The number of aliphatic hydroxyl groups excluding tert-OH is 1. The molecule has 0 aliphatic heterocycles. The Bertz CT molecular complexity index is 450. The van der Waals surface area contributed by atoms with Crippen LogP contribution in [-0.4, -0.2) is 24.0 Å². The molecule has 0 saturated carbocycles. The van der Waals surface area contributed by atoms with E-state index in [-0.39, 0.29) is 5.78 Å². The topological polar surface area (TPSA) is 63.6 Å². The van der Waals surface area contributed by atoms with Crippen molar-refractivity contribution in [2.24, 2.45) is 0 Å². The number of carbonyl (C=O) groups is 2. The Morgan fingerprint density at radius 3 is 2.94 bits per heavy atom. The van der Waals surface area contributed by atoms with E-state index in [1.54, 1.807) is 12.1 Å². The molecular weight excluding hydrogens is 208 g/mol. The first-order valence-electron chi connectivity index (χ1n) is 5.07. The molecule has 1 atom stereocenters. The van der Waals surface area contributed by atoms with Gasteiger partial charge in [0.1, 0.15) is 0 Å². The molecule has 0 fully saturated rings. The Kier molecular flexibility index (Phi) is 2.75. The summed E-state index contributed by atoms with van der Waals surface area (Å²) < 4.78 is 4.58. The van der Waals surface area contributed by atoms with Gasteiger partial charge in [0, 0.05) is 12.0 Å². The fourth-order valence-electron chi connectivity index (χ4n) is 1.90. The monoisotopic (exact) mass is 220 g/mol. The lowest BCUT2D eigenvalue weighted by Gasteiger charge is -2.20. The van der Waals surface area contributed by atoms with E-state index in [0.29, 0.717) is 29.5 Å². The van der Waals surface area contributed by atoms with Crippen molar-refractivity contribution < 1.29 is 19.4 Å². The molecule has 84 valence electrons. The summed E-state index contributed by atoms with van der Waals surface area (Å²) in [5.74, 6) is -0.454. The Hall–Kier alpha value is -1.68. The highest BCUT2D eigenvalue weighted by Crippen LogP contribution is 2.30. The molecule has 16 heavy (non-hydrogen) atoms. The van der Waals surface area contributed by atoms with Gasteiger partial charge in [0.2, 0.25) is 0 Å². The zero-order valence-electron chi connectivity index (χ0n) is 8.90. The highest BCUT2D eigenvalue weighted by atomic mass is 16.5. The third kappa shape index (κ3) is 1.72. The zero-order chi connectivity index (χ0) is 11.7. The van der Waals surface area contributed by atoms with Crippen molar-refractivity contribution in [3.8, 4) is 0 Å². The number of ether oxygens (including phenoxy) is 1. The van der Waals surface area contributed by atoms with Crippen LogP contribution in [0, 0.1) is 0 Å². The van der Waals surface area contributed by atoms with E-state index in [1.807, 2.05) is 0 Å². The number of carbonyl (C=O) groups excluding carboxylic acids is 2. The lowest BCUT2D eigenvalue weighted by Crippen LogP contribution is -2.16. The third-order valence-corrected chi connectivity index (χ3v) is 2.78. The molecule has 1 aromatic rings. The summed E-state index contributed by atoms with van der Waals surface area (Å²) >= 11 is 0. The first kappa shape index (κ1) is 10.8. The van der Waals surface area contributed by atoms with Crippen LogP contribution in [0.3, 0.4) is 0 Å². The number of hydrogen-bond donors (Lipinski definition) is 1. The molecule has 0 heterocycles. The maximum Gasteiger partial charge on any atom is 0.337 e. The number of benzene rings is 1. The second-order valence-electron chi connectivity index (χ2n) is 3.77. The van der Waals surface area contributed by atoms with Gasteiger partial charge >= 0.3 is 5.97 Å². The predicted octanol–water partition coefficient (Wildman–Crippen LogP) is 1.48. The smallest absolute Gasteiger partial charge is 0.337 e. The first-order valence-corrected chi connectivity index (χ1v) is 5.07. The van der Waals surface area contributed by atoms with Gasteiger partial charge in [-0.05, 0) is 24.1 Å². The molecule has 1 aliphatic rings. The Morgan fingerprint density at radius 2 is 2.25 bits per heavy atom. The van der Waals surface area contributed by atoms with Crippen molar-refractivity contribution >= 4 is 11.8 Å². The van der Waals surface area contributed by atoms with Gasteiger partial charge in [0.25, 0.3) is 0 Å².